The molecule has 1 fully saturated rings. The zero-order chi connectivity index (χ0) is 23.5. The molecule has 4 rings (SSSR count). The third-order valence-electron chi connectivity index (χ3n) is 5.74. The van der Waals surface area contributed by atoms with Gasteiger partial charge in [-0.15, -0.1) is 11.8 Å². The minimum absolute atomic E-state index is 0.0859. The summed E-state index contributed by atoms with van der Waals surface area (Å²) in [7, 11) is 0. The van der Waals surface area contributed by atoms with Crippen LogP contribution in [0, 0.1) is 0 Å². The largest absolute Gasteiger partial charge is 0.427 e. The summed E-state index contributed by atoms with van der Waals surface area (Å²) in [5.41, 5.74) is 1.28. The average Bonchev–Trinajstić information content (AvgIpc) is 3.29. The van der Waals surface area contributed by atoms with Crippen LogP contribution in [-0.4, -0.2) is 73.7 Å². The molecule has 0 unspecified atom stereocenters. The van der Waals surface area contributed by atoms with E-state index in [1.807, 2.05) is 25.1 Å². The molecule has 0 spiro atoms. The van der Waals surface area contributed by atoms with Gasteiger partial charge in [-0.3, -0.25) is 14.4 Å². The fourth-order valence-electron chi connectivity index (χ4n) is 4.04. The van der Waals surface area contributed by atoms with E-state index >= 15 is 0 Å². The summed E-state index contributed by atoms with van der Waals surface area (Å²) in [6, 6.07) is 10.4. The Hall–Kier alpha value is -3.33. The third-order valence-corrected chi connectivity index (χ3v) is 7.00. The normalized spacial score (nSPS) is 16.2. The molecule has 8 nitrogen and oxygen atoms in total. The van der Waals surface area contributed by atoms with Crippen molar-refractivity contribution in [2.24, 2.45) is 0 Å². The highest BCUT2D eigenvalue weighted by Crippen LogP contribution is 2.36. The lowest BCUT2D eigenvalue weighted by Crippen LogP contribution is -2.56. The first-order valence-corrected chi connectivity index (χ1v) is 11.9. The molecule has 1 aromatic carbocycles. The molecule has 2 amide bonds. The van der Waals surface area contributed by atoms with E-state index < -0.39 is 11.7 Å². The highest BCUT2D eigenvalue weighted by molar-refractivity contribution is 7.99. The standard InChI is InChI=1S/C24H26N4O4S/c1-3-13-33-19-9-10-28(32)22-20(19)18(14-25-22)21(29)24(31)27-12-11-26(15-16(27)2)23(30)17-7-5-4-6-8-17/h4-10,14,16,32H,3,11-13,15H2,1-2H3/t16-/m1/s1. The van der Waals surface area contributed by atoms with Gasteiger partial charge in [-0.05, 0) is 37.3 Å². The van der Waals surface area contributed by atoms with Crippen molar-refractivity contribution < 1.29 is 19.6 Å². The van der Waals surface area contributed by atoms with Crippen LogP contribution in [-0.2, 0) is 4.79 Å². The van der Waals surface area contributed by atoms with Gasteiger partial charge in [-0.1, -0.05) is 25.1 Å². The molecular weight excluding hydrogens is 440 g/mol. The lowest BCUT2D eigenvalue weighted by Gasteiger charge is -2.39. The topological polar surface area (TPSA) is 95.7 Å². The summed E-state index contributed by atoms with van der Waals surface area (Å²) < 4.78 is 0.864. The number of pyridine rings is 1. The van der Waals surface area contributed by atoms with Crippen molar-refractivity contribution in [1.82, 2.24) is 19.5 Å². The molecule has 0 saturated carbocycles. The minimum atomic E-state index is -0.656. The van der Waals surface area contributed by atoms with Crippen molar-refractivity contribution in [2.45, 2.75) is 31.2 Å². The van der Waals surface area contributed by atoms with E-state index in [-0.39, 0.29) is 29.9 Å². The van der Waals surface area contributed by atoms with Crippen LogP contribution in [0.5, 0.6) is 0 Å². The van der Waals surface area contributed by atoms with Gasteiger partial charge >= 0.3 is 0 Å². The van der Waals surface area contributed by atoms with Crippen molar-refractivity contribution in [2.75, 3.05) is 25.4 Å². The summed E-state index contributed by atoms with van der Waals surface area (Å²) in [4.78, 5) is 47.4. The Morgan fingerprint density at radius 3 is 2.61 bits per heavy atom. The molecule has 0 aromatic heterocycles. The lowest BCUT2D eigenvalue weighted by molar-refractivity contribution is -0.130. The van der Waals surface area contributed by atoms with Gasteiger partial charge in [0.25, 0.3) is 17.6 Å². The molecule has 3 aliphatic rings. The molecule has 1 aromatic rings. The maximum atomic E-state index is 13.2. The van der Waals surface area contributed by atoms with E-state index in [1.165, 1.54) is 17.3 Å². The number of carbonyl (C=O) groups excluding carboxylic acids is 3. The van der Waals surface area contributed by atoms with Crippen molar-refractivity contribution >= 4 is 29.4 Å². The molecule has 0 radical (unpaired) electrons. The van der Waals surface area contributed by atoms with E-state index in [9.17, 15) is 19.6 Å². The van der Waals surface area contributed by atoms with Gasteiger partial charge in [-0.2, -0.15) is 4.73 Å². The van der Waals surface area contributed by atoms with E-state index in [1.54, 1.807) is 34.9 Å². The first-order chi connectivity index (χ1) is 15.9. The van der Waals surface area contributed by atoms with Crippen LogP contribution in [0.1, 0.15) is 41.0 Å². The lowest BCUT2D eigenvalue weighted by atomic mass is 10.0. The monoisotopic (exact) mass is 466 g/mol. The molecule has 172 valence electrons. The average molecular weight is 467 g/mol. The van der Waals surface area contributed by atoms with Crippen LogP contribution >= 0.6 is 11.8 Å². The van der Waals surface area contributed by atoms with E-state index in [2.05, 4.69) is 11.9 Å². The van der Waals surface area contributed by atoms with Gasteiger partial charge in [0.15, 0.2) is 5.82 Å². The second kappa shape index (κ2) is 9.66. The molecule has 9 heteroatoms. The SMILES string of the molecule is CCCSc1ccn(O)c2ncc(C(=O)C(=O)N3CCN(C(=O)c4ccccc4)C[C@H]3C)c1-2. The number of amides is 2. The van der Waals surface area contributed by atoms with Crippen LogP contribution < -0.4 is 0 Å². The Morgan fingerprint density at radius 2 is 1.91 bits per heavy atom. The predicted molar refractivity (Wildman–Crippen MR) is 125 cm³/mol. The van der Waals surface area contributed by atoms with E-state index in [4.69, 9.17) is 0 Å². The Balaban J connectivity index is 1.52. The van der Waals surface area contributed by atoms with Gasteiger partial charge in [0, 0.05) is 54.1 Å². The molecule has 1 saturated heterocycles. The molecular formula is C24H26N4O4S. The second-order valence-corrected chi connectivity index (χ2v) is 9.17. The maximum absolute atomic E-state index is 13.2. The number of aromatic nitrogens is 2. The number of ketones is 1. The Bertz CT molecular complexity index is 1150. The van der Waals surface area contributed by atoms with Crippen molar-refractivity contribution in [1.29, 1.82) is 0 Å². The Morgan fingerprint density at radius 1 is 1.15 bits per heavy atom. The number of piperazine rings is 1. The first kappa shape index (κ1) is 22.8. The molecule has 1 N–H and O–H groups in total. The molecule has 1 atom stereocenters. The number of thioether (sulfide) groups is 1. The Labute approximate surface area is 196 Å². The van der Waals surface area contributed by atoms with Crippen LogP contribution in [0.15, 0.2) is 53.7 Å². The van der Waals surface area contributed by atoms with Gasteiger partial charge in [0.1, 0.15) is 0 Å². The number of Topliss-reactive ketones (excluding diaryl/α,β-unsaturated/α-hetero) is 1. The van der Waals surface area contributed by atoms with Crippen molar-refractivity contribution in [3.05, 3.63) is 59.9 Å². The summed E-state index contributed by atoms with van der Waals surface area (Å²) in [5.74, 6) is -0.276. The second-order valence-electron chi connectivity index (χ2n) is 8.04. The van der Waals surface area contributed by atoms with Gasteiger partial charge < -0.3 is 15.0 Å². The zero-order valence-electron chi connectivity index (χ0n) is 18.6. The quantitative estimate of drug-likeness (QED) is 0.259. The molecule has 3 heterocycles. The fraction of sp³-hybridized carbons (Fsp3) is 0.333. The highest BCUT2D eigenvalue weighted by Gasteiger charge is 2.35. The number of fused-ring (bicyclic) bond motifs is 1. The number of rotatable bonds is 6. The number of nitrogens with zero attached hydrogens (tertiary/aromatic N) is 4. The first-order valence-electron chi connectivity index (χ1n) is 10.9. The predicted octanol–water partition coefficient (Wildman–Crippen LogP) is 3.28. The highest BCUT2D eigenvalue weighted by atomic mass is 32.2. The molecule has 0 aliphatic carbocycles. The minimum Gasteiger partial charge on any atom is -0.427 e. The van der Waals surface area contributed by atoms with E-state index in [0.29, 0.717) is 24.2 Å². The number of benzene rings is 1. The van der Waals surface area contributed by atoms with Crippen molar-refractivity contribution in [3.63, 3.8) is 0 Å². The van der Waals surface area contributed by atoms with Gasteiger partial charge in [0.2, 0.25) is 0 Å². The number of carbonyl (C=O) groups is 3. The van der Waals surface area contributed by atoms with Crippen molar-refractivity contribution in [3.8, 4) is 11.4 Å². The fourth-order valence-corrected chi connectivity index (χ4v) is 4.97. The van der Waals surface area contributed by atoms with Crippen LogP contribution in [0.25, 0.3) is 11.4 Å². The van der Waals surface area contributed by atoms with Crippen LogP contribution in [0.4, 0.5) is 0 Å². The summed E-state index contributed by atoms with van der Waals surface area (Å²) in [6.45, 7) is 4.86. The Kier molecular flexibility index (Phi) is 6.69. The zero-order valence-corrected chi connectivity index (χ0v) is 19.4. The van der Waals surface area contributed by atoms with Gasteiger partial charge in [-0.25, -0.2) is 4.98 Å². The summed E-state index contributed by atoms with van der Waals surface area (Å²) in [5, 5.41) is 10.1. The summed E-state index contributed by atoms with van der Waals surface area (Å²) in [6.07, 6.45) is 3.78. The molecule has 3 aliphatic heterocycles. The number of hydrogen-bond acceptors (Lipinski definition) is 6. The van der Waals surface area contributed by atoms with Crippen LogP contribution in [0.3, 0.4) is 0 Å². The molecule has 33 heavy (non-hydrogen) atoms. The third kappa shape index (κ3) is 4.45. The van der Waals surface area contributed by atoms with Crippen LogP contribution in [0.2, 0.25) is 0 Å². The van der Waals surface area contributed by atoms with E-state index in [0.717, 1.165) is 21.8 Å². The molecule has 0 bridgehead atoms. The van der Waals surface area contributed by atoms with Gasteiger partial charge in [0.05, 0.1) is 5.56 Å². The maximum Gasteiger partial charge on any atom is 0.295 e. The number of hydrogen-bond donors (Lipinski definition) is 1. The smallest absolute Gasteiger partial charge is 0.295 e. The summed E-state index contributed by atoms with van der Waals surface area (Å²) >= 11 is 1.56.